The summed E-state index contributed by atoms with van der Waals surface area (Å²) >= 11 is 5.96. The Hall–Kier alpha value is -2.00. The summed E-state index contributed by atoms with van der Waals surface area (Å²) in [4.78, 5) is 14.9. The number of methoxy groups -OCH3 is 1. The molecule has 4 rings (SSSR count). The quantitative estimate of drug-likeness (QED) is 0.823. The molecular weight excluding hydrogens is 322 g/mol. The van der Waals surface area contributed by atoms with Crippen LogP contribution in [-0.2, 0) is 4.79 Å². The van der Waals surface area contributed by atoms with Gasteiger partial charge in [-0.3, -0.25) is 4.79 Å². The number of amides is 1. The summed E-state index contributed by atoms with van der Waals surface area (Å²) in [5.41, 5.74) is 2.33. The van der Waals surface area contributed by atoms with Crippen LogP contribution in [0.4, 0.5) is 0 Å². The first-order valence-electron chi connectivity index (χ1n) is 8.38. The number of hydrogen-bond donors (Lipinski definition) is 0. The fraction of sp³-hybridized carbons (Fsp3) is 0.350. The minimum Gasteiger partial charge on any atom is -0.496 e. The molecule has 3 nitrogen and oxygen atoms in total. The number of rotatable bonds is 4. The van der Waals surface area contributed by atoms with Crippen LogP contribution in [0.15, 0.2) is 48.5 Å². The van der Waals surface area contributed by atoms with Crippen molar-refractivity contribution in [3.8, 4) is 5.75 Å². The molecule has 124 valence electrons. The number of carbonyl (C=O) groups excluding carboxylic acids is 1. The third-order valence-electron chi connectivity index (χ3n) is 5.20. The van der Waals surface area contributed by atoms with E-state index in [2.05, 4.69) is 6.07 Å². The molecule has 1 saturated heterocycles. The van der Waals surface area contributed by atoms with Crippen LogP contribution in [0.25, 0.3) is 0 Å². The van der Waals surface area contributed by atoms with Gasteiger partial charge in [0, 0.05) is 17.5 Å². The topological polar surface area (TPSA) is 29.5 Å². The van der Waals surface area contributed by atoms with Gasteiger partial charge in [-0.1, -0.05) is 41.9 Å². The van der Waals surface area contributed by atoms with Crippen LogP contribution in [-0.4, -0.2) is 24.5 Å². The lowest BCUT2D eigenvalue weighted by Gasteiger charge is -2.41. The maximum absolute atomic E-state index is 12.9. The van der Waals surface area contributed by atoms with Crippen molar-refractivity contribution in [2.45, 2.75) is 24.8 Å². The molecule has 1 saturated carbocycles. The van der Waals surface area contributed by atoms with E-state index in [-0.39, 0.29) is 17.9 Å². The number of hydrogen-bond acceptors (Lipinski definition) is 2. The third kappa shape index (κ3) is 2.67. The van der Waals surface area contributed by atoms with E-state index in [4.69, 9.17) is 16.3 Å². The number of likely N-dealkylation sites (tertiary alicyclic amines) is 1. The van der Waals surface area contributed by atoms with Crippen molar-refractivity contribution < 1.29 is 9.53 Å². The van der Waals surface area contributed by atoms with Gasteiger partial charge in [-0.05, 0) is 48.1 Å². The van der Waals surface area contributed by atoms with Crippen LogP contribution in [0.5, 0.6) is 5.75 Å². The summed E-state index contributed by atoms with van der Waals surface area (Å²) in [7, 11) is 1.68. The lowest BCUT2D eigenvalue weighted by Crippen LogP contribution is -2.46. The van der Waals surface area contributed by atoms with E-state index in [0.29, 0.717) is 5.92 Å². The fourth-order valence-corrected chi connectivity index (χ4v) is 3.81. The molecule has 0 radical (unpaired) electrons. The fourth-order valence-electron chi connectivity index (χ4n) is 3.68. The lowest BCUT2D eigenvalue weighted by atomic mass is 9.93. The summed E-state index contributed by atoms with van der Waals surface area (Å²) in [6, 6.07) is 16.1. The van der Waals surface area contributed by atoms with E-state index in [0.717, 1.165) is 35.7 Å². The molecular formula is C20H20ClNO2. The summed E-state index contributed by atoms with van der Waals surface area (Å²) in [5.74, 6) is 1.55. The first-order valence-corrected chi connectivity index (χ1v) is 8.75. The molecule has 3 unspecified atom stereocenters. The number of carbonyl (C=O) groups is 1. The van der Waals surface area contributed by atoms with Crippen LogP contribution in [0.1, 0.15) is 35.9 Å². The van der Waals surface area contributed by atoms with Crippen molar-refractivity contribution in [3.63, 3.8) is 0 Å². The normalized spacial score (nSPS) is 25.1. The number of nitrogens with zero attached hydrogens (tertiary/aromatic N) is 1. The number of halogens is 1. The monoisotopic (exact) mass is 341 g/mol. The molecule has 0 aromatic heterocycles. The Bertz CT molecular complexity index is 758. The predicted octanol–water partition coefficient (Wildman–Crippen LogP) is 4.43. The smallest absolute Gasteiger partial charge is 0.226 e. The Morgan fingerprint density at radius 1 is 1.17 bits per heavy atom. The highest BCUT2D eigenvalue weighted by atomic mass is 35.5. The van der Waals surface area contributed by atoms with Crippen LogP contribution in [0.3, 0.4) is 0 Å². The van der Waals surface area contributed by atoms with Crippen molar-refractivity contribution in [2.75, 3.05) is 13.7 Å². The Labute approximate surface area is 147 Å². The van der Waals surface area contributed by atoms with E-state index in [1.54, 1.807) is 7.11 Å². The highest BCUT2D eigenvalue weighted by Crippen LogP contribution is 2.52. The van der Waals surface area contributed by atoms with Crippen molar-refractivity contribution in [2.24, 2.45) is 5.92 Å². The van der Waals surface area contributed by atoms with E-state index < -0.39 is 0 Å². The second kappa shape index (κ2) is 6.14. The zero-order valence-electron chi connectivity index (χ0n) is 13.6. The number of ether oxygens (including phenoxy) is 1. The maximum Gasteiger partial charge on any atom is 0.226 e. The standard InChI is InChI=1S/C20H20ClNO2/c1-24-19-5-3-2-4-15(19)16-12-17(16)20(23)22-11-10-18(22)13-6-8-14(21)9-7-13/h2-9,16-18H,10-12H2,1H3. The van der Waals surface area contributed by atoms with Gasteiger partial charge in [0.2, 0.25) is 5.91 Å². The Balaban J connectivity index is 1.46. The van der Waals surface area contributed by atoms with Crippen LogP contribution in [0.2, 0.25) is 5.02 Å². The molecule has 0 N–H and O–H groups in total. The van der Waals surface area contributed by atoms with Crippen molar-refractivity contribution in [1.82, 2.24) is 4.90 Å². The molecule has 0 bridgehead atoms. The Kier molecular flexibility index (Phi) is 3.97. The minimum atomic E-state index is 0.0939. The average Bonchev–Trinajstić information content (AvgIpc) is 3.36. The van der Waals surface area contributed by atoms with Crippen molar-refractivity contribution in [1.29, 1.82) is 0 Å². The van der Waals surface area contributed by atoms with Crippen LogP contribution in [0, 0.1) is 5.92 Å². The highest BCUT2D eigenvalue weighted by Gasteiger charge is 2.49. The van der Waals surface area contributed by atoms with E-state index in [9.17, 15) is 4.79 Å². The SMILES string of the molecule is COc1ccccc1C1CC1C(=O)N1CCC1c1ccc(Cl)cc1. The molecule has 1 heterocycles. The van der Waals surface area contributed by atoms with Gasteiger partial charge >= 0.3 is 0 Å². The zero-order valence-corrected chi connectivity index (χ0v) is 14.4. The maximum atomic E-state index is 12.9. The van der Waals surface area contributed by atoms with Crippen LogP contribution >= 0.6 is 11.6 Å². The first-order chi connectivity index (χ1) is 11.7. The van der Waals surface area contributed by atoms with Gasteiger partial charge < -0.3 is 9.64 Å². The summed E-state index contributed by atoms with van der Waals surface area (Å²) in [6.07, 6.45) is 1.95. The van der Waals surface area contributed by atoms with Gasteiger partial charge in [0.1, 0.15) is 5.75 Å². The molecule has 2 fully saturated rings. The predicted molar refractivity (Wildman–Crippen MR) is 94.4 cm³/mol. The molecule has 24 heavy (non-hydrogen) atoms. The third-order valence-corrected chi connectivity index (χ3v) is 5.46. The molecule has 2 aromatic carbocycles. The van der Waals surface area contributed by atoms with Gasteiger partial charge in [0.05, 0.1) is 13.2 Å². The largest absolute Gasteiger partial charge is 0.496 e. The van der Waals surface area contributed by atoms with Gasteiger partial charge in [0.25, 0.3) is 0 Å². The summed E-state index contributed by atoms with van der Waals surface area (Å²) < 4.78 is 5.44. The van der Waals surface area contributed by atoms with Gasteiger partial charge in [-0.15, -0.1) is 0 Å². The van der Waals surface area contributed by atoms with Crippen LogP contribution < -0.4 is 4.74 Å². The van der Waals surface area contributed by atoms with Gasteiger partial charge in [-0.2, -0.15) is 0 Å². The lowest BCUT2D eigenvalue weighted by molar-refractivity contribution is -0.140. The molecule has 1 amide bonds. The first kappa shape index (κ1) is 15.5. The molecule has 1 aliphatic carbocycles. The van der Waals surface area contributed by atoms with Crippen molar-refractivity contribution in [3.05, 3.63) is 64.7 Å². The minimum absolute atomic E-state index is 0.0939. The number of benzene rings is 2. The summed E-state index contributed by atoms with van der Waals surface area (Å²) in [5, 5.41) is 0.731. The van der Waals surface area contributed by atoms with E-state index in [1.807, 2.05) is 47.4 Å². The second-order valence-corrected chi connectivity index (χ2v) is 7.01. The molecule has 2 aromatic rings. The second-order valence-electron chi connectivity index (χ2n) is 6.58. The van der Waals surface area contributed by atoms with E-state index >= 15 is 0 Å². The molecule has 3 atom stereocenters. The molecule has 2 aliphatic rings. The molecule has 0 spiro atoms. The van der Waals surface area contributed by atoms with Gasteiger partial charge in [0.15, 0.2) is 0 Å². The Morgan fingerprint density at radius 3 is 2.58 bits per heavy atom. The number of para-hydroxylation sites is 1. The van der Waals surface area contributed by atoms with Crippen molar-refractivity contribution >= 4 is 17.5 Å². The average molecular weight is 342 g/mol. The van der Waals surface area contributed by atoms with E-state index in [1.165, 1.54) is 5.56 Å². The van der Waals surface area contributed by atoms with Gasteiger partial charge in [-0.25, -0.2) is 0 Å². The summed E-state index contributed by atoms with van der Waals surface area (Å²) in [6.45, 7) is 0.848. The molecule has 4 heteroatoms. The Morgan fingerprint density at radius 2 is 1.92 bits per heavy atom. The molecule has 1 aliphatic heterocycles. The zero-order chi connectivity index (χ0) is 16.7. The highest BCUT2D eigenvalue weighted by molar-refractivity contribution is 6.30.